The Balaban J connectivity index is 1.69. The molecule has 1 aliphatic carbocycles. The summed E-state index contributed by atoms with van der Waals surface area (Å²) in [5, 5.41) is 2.76. The quantitative estimate of drug-likeness (QED) is 0.872. The number of ether oxygens (including phenoxy) is 2. The van der Waals surface area contributed by atoms with Crippen molar-refractivity contribution in [2.45, 2.75) is 31.5 Å². The Kier molecular flexibility index (Phi) is 4.20. The third kappa shape index (κ3) is 3.23. The molecule has 0 atom stereocenters. The minimum atomic E-state index is -0.387. The second kappa shape index (κ2) is 5.87. The lowest BCUT2D eigenvalue weighted by molar-refractivity contribution is -0.0687. The molecule has 98 valence electrons. The average molecular weight is 249 g/mol. The van der Waals surface area contributed by atoms with Gasteiger partial charge in [0.1, 0.15) is 6.61 Å². The van der Waals surface area contributed by atoms with Crippen LogP contribution in [-0.4, -0.2) is 25.3 Å². The summed E-state index contributed by atoms with van der Waals surface area (Å²) >= 11 is 0. The van der Waals surface area contributed by atoms with Crippen molar-refractivity contribution in [2.24, 2.45) is 0 Å². The van der Waals surface area contributed by atoms with Crippen LogP contribution in [0.1, 0.15) is 24.8 Å². The van der Waals surface area contributed by atoms with Gasteiger partial charge in [-0.15, -0.1) is 0 Å². The van der Waals surface area contributed by atoms with Crippen molar-refractivity contribution in [1.82, 2.24) is 5.32 Å². The van der Waals surface area contributed by atoms with E-state index < -0.39 is 0 Å². The number of methoxy groups -OCH3 is 1. The second-order valence-electron chi connectivity index (χ2n) is 4.66. The average Bonchev–Trinajstić information content (AvgIpc) is 2.37. The standard InChI is InChI=1S/C14H19NO3/c1-17-14(8-5-9-14)11-15-13(16)18-10-12-6-3-2-4-7-12/h2-4,6-7H,5,8-11H2,1H3,(H,15,16). The summed E-state index contributed by atoms with van der Waals surface area (Å²) in [5.41, 5.74) is 0.823. The van der Waals surface area contributed by atoms with Gasteiger partial charge in [0.25, 0.3) is 0 Å². The first-order valence-electron chi connectivity index (χ1n) is 6.24. The summed E-state index contributed by atoms with van der Waals surface area (Å²) in [4.78, 5) is 11.5. The van der Waals surface area contributed by atoms with Gasteiger partial charge in [0.05, 0.1) is 5.60 Å². The highest BCUT2D eigenvalue weighted by molar-refractivity contribution is 5.67. The zero-order valence-corrected chi connectivity index (χ0v) is 10.6. The molecule has 4 nitrogen and oxygen atoms in total. The van der Waals surface area contributed by atoms with Gasteiger partial charge in [-0.25, -0.2) is 4.79 Å². The van der Waals surface area contributed by atoms with Crippen molar-refractivity contribution in [3.63, 3.8) is 0 Å². The maximum absolute atomic E-state index is 11.5. The van der Waals surface area contributed by atoms with Gasteiger partial charge in [-0.1, -0.05) is 30.3 Å². The van der Waals surface area contributed by atoms with Crippen molar-refractivity contribution in [3.05, 3.63) is 35.9 Å². The minimum absolute atomic E-state index is 0.161. The molecule has 1 aliphatic rings. The van der Waals surface area contributed by atoms with Crippen LogP contribution >= 0.6 is 0 Å². The summed E-state index contributed by atoms with van der Waals surface area (Å²) in [5.74, 6) is 0. The molecule has 1 aromatic carbocycles. The smallest absolute Gasteiger partial charge is 0.407 e. The van der Waals surface area contributed by atoms with Gasteiger partial charge < -0.3 is 14.8 Å². The lowest BCUT2D eigenvalue weighted by Crippen LogP contribution is -2.49. The number of rotatable bonds is 5. The van der Waals surface area contributed by atoms with E-state index in [1.807, 2.05) is 30.3 Å². The number of carbonyl (C=O) groups excluding carboxylic acids is 1. The Morgan fingerprint density at radius 3 is 2.61 bits per heavy atom. The molecular formula is C14H19NO3. The van der Waals surface area contributed by atoms with Crippen molar-refractivity contribution in [1.29, 1.82) is 0 Å². The Labute approximate surface area is 107 Å². The van der Waals surface area contributed by atoms with Crippen LogP contribution in [0.25, 0.3) is 0 Å². The number of benzene rings is 1. The fraction of sp³-hybridized carbons (Fsp3) is 0.500. The fourth-order valence-corrected chi connectivity index (χ4v) is 2.03. The lowest BCUT2D eigenvalue weighted by atomic mass is 9.80. The SMILES string of the molecule is COC1(CNC(=O)OCc2ccccc2)CCC1. The maximum atomic E-state index is 11.5. The summed E-state index contributed by atoms with van der Waals surface area (Å²) in [6.45, 7) is 0.823. The second-order valence-corrected chi connectivity index (χ2v) is 4.66. The predicted molar refractivity (Wildman–Crippen MR) is 68.2 cm³/mol. The highest BCUT2D eigenvalue weighted by Gasteiger charge is 2.37. The van der Waals surface area contributed by atoms with Crippen molar-refractivity contribution < 1.29 is 14.3 Å². The zero-order chi connectivity index (χ0) is 12.8. The number of amides is 1. The van der Waals surface area contributed by atoms with E-state index in [4.69, 9.17) is 9.47 Å². The van der Waals surface area contributed by atoms with Gasteiger partial charge >= 0.3 is 6.09 Å². The molecule has 0 unspecified atom stereocenters. The van der Waals surface area contributed by atoms with Crippen LogP contribution in [0.2, 0.25) is 0 Å². The van der Waals surface area contributed by atoms with Gasteiger partial charge in [0.15, 0.2) is 0 Å². The Hall–Kier alpha value is -1.55. The molecule has 18 heavy (non-hydrogen) atoms. The van der Waals surface area contributed by atoms with Crippen LogP contribution in [0.4, 0.5) is 4.79 Å². The van der Waals surface area contributed by atoms with Crippen molar-refractivity contribution in [2.75, 3.05) is 13.7 Å². The molecule has 1 saturated carbocycles. The molecular weight excluding hydrogens is 230 g/mol. The summed E-state index contributed by atoms with van der Waals surface area (Å²) in [6, 6.07) is 9.63. The third-order valence-corrected chi connectivity index (χ3v) is 3.47. The molecule has 1 fully saturated rings. The van der Waals surface area contributed by atoms with Crippen molar-refractivity contribution in [3.8, 4) is 0 Å². The van der Waals surface area contributed by atoms with Gasteiger partial charge in [0, 0.05) is 13.7 Å². The number of carbonyl (C=O) groups is 1. The topological polar surface area (TPSA) is 47.6 Å². The van der Waals surface area contributed by atoms with E-state index in [9.17, 15) is 4.79 Å². The molecule has 4 heteroatoms. The molecule has 0 radical (unpaired) electrons. The molecule has 0 spiro atoms. The summed E-state index contributed by atoms with van der Waals surface area (Å²) in [6.07, 6.45) is 2.78. The number of hydrogen-bond donors (Lipinski definition) is 1. The minimum Gasteiger partial charge on any atom is -0.445 e. The van der Waals surface area contributed by atoms with Gasteiger partial charge in [-0.05, 0) is 24.8 Å². The predicted octanol–water partition coefficient (Wildman–Crippen LogP) is 2.48. The first kappa shape index (κ1) is 12.9. The maximum Gasteiger partial charge on any atom is 0.407 e. The van der Waals surface area contributed by atoms with E-state index in [1.54, 1.807) is 7.11 Å². The highest BCUT2D eigenvalue weighted by atomic mass is 16.5. The van der Waals surface area contributed by atoms with Gasteiger partial charge in [-0.2, -0.15) is 0 Å². The van der Waals surface area contributed by atoms with Crippen LogP contribution < -0.4 is 5.32 Å². The highest BCUT2D eigenvalue weighted by Crippen LogP contribution is 2.34. The van der Waals surface area contributed by atoms with Crippen molar-refractivity contribution >= 4 is 6.09 Å². The normalized spacial score (nSPS) is 16.7. The van der Waals surface area contributed by atoms with E-state index in [1.165, 1.54) is 0 Å². The van der Waals surface area contributed by atoms with E-state index >= 15 is 0 Å². The summed E-state index contributed by atoms with van der Waals surface area (Å²) in [7, 11) is 1.69. The first-order chi connectivity index (χ1) is 8.74. The van der Waals surface area contributed by atoms with E-state index in [0.717, 1.165) is 24.8 Å². The van der Waals surface area contributed by atoms with Crippen LogP contribution in [0.15, 0.2) is 30.3 Å². The van der Waals surface area contributed by atoms with E-state index in [-0.39, 0.29) is 11.7 Å². The van der Waals surface area contributed by atoms with Gasteiger partial charge in [0.2, 0.25) is 0 Å². The third-order valence-electron chi connectivity index (χ3n) is 3.47. The summed E-state index contributed by atoms with van der Waals surface area (Å²) < 4.78 is 10.5. The van der Waals surface area contributed by atoms with Crippen LogP contribution in [-0.2, 0) is 16.1 Å². The molecule has 0 saturated heterocycles. The Bertz CT molecular complexity index is 382. The molecule has 1 N–H and O–H groups in total. The van der Waals surface area contributed by atoms with Gasteiger partial charge in [-0.3, -0.25) is 0 Å². The molecule has 1 aromatic rings. The molecule has 0 aromatic heterocycles. The number of alkyl carbamates (subject to hydrolysis) is 1. The molecule has 0 heterocycles. The lowest BCUT2D eigenvalue weighted by Gasteiger charge is -2.40. The molecule has 0 bridgehead atoms. The number of nitrogens with one attached hydrogen (secondary N) is 1. The molecule has 1 amide bonds. The first-order valence-corrected chi connectivity index (χ1v) is 6.24. The van der Waals surface area contributed by atoms with Crippen LogP contribution in [0, 0.1) is 0 Å². The van der Waals surface area contributed by atoms with Crippen LogP contribution in [0.5, 0.6) is 0 Å². The zero-order valence-electron chi connectivity index (χ0n) is 10.6. The molecule has 2 rings (SSSR count). The number of hydrogen-bond acceptors (Lipinski definition) is 3. The van der Waals surface area contributed by atoms with E-state index in [0.29, 0.717) is 13.2 Å². The Morgan fingerprint density at radius 1 is 1.33 bits per heavy atom. The van der Waals surface area contributed by atoms with Crippen LogP contribution in [0.3, 0.4) is 0 Å². The molecule has 0 aliphatic heterocycles. The monoisotopic (exact) mass is 249 g/mol. The van der Waals surface area contributed by atoms with E-state index in [2.05, 4.69) is 5.32 Å². The largest absolute Gasteiger partial charge is 0.445 e. The Morgan fingerprint density at radius 2 is 2.06 bits per heavy atom. The fourth-order valence-electron chi connectivity index (χ4n) is 2.03.